The van der Waals surface area contributed by atoms with Gasteiger partial charge in [-0.25, -0.2) is 0 Å². The maximum atomic E-state index is 6.77. The van der Waals surface area contributed by atoms with Gasteiger partial charge in [0.2, 0.25) is 0 Å². The summed E-state index contributed by atoms with van der Waals surface area (Å²) in [7, 11) is 2.49. The van der Waals surface area contributed by atoms with Gasteiger partial charge in [-0.05, 0) is 51.4 Å². The molecular formula is C20H34NO+. The number of likely N-dealkylation sites (tertiary alicyclic amines) is 1. The van der Waals surface area contributed by atoms with E-state index < -0.39 is 0 Å². The van der Waals surface area contributed by atoms with Crippen molar-refractivity contribution in [1.82, 2.24) is 0 Å². The van der Waals surface area contributed by atoms with Crippen LogP contribution >= 0.6 is 0 Å². The van der Waals surface area contributed by atoms with E-state index >= 15 is 0 Å². The first-order valence-corrected chi connectivity index (χ1v) is 9.94. The number of piperidine rings is 1. The average Bonchev–Trinajstić information content (AvgIpc) is 2.55. The summed E-state index contributed by atoms with van der Waals surface area (Å²) in [6, 6.07) is 0. The third-order valence-electron chi connectivity index (χ3n) is 6.97. The molecule has 1 saturated carbocycles. The zero-order valence-corrected chi connectivity index (χ0v) is 14.4. The topological polar surface area (TPSA) is 9.23 Å². The lowest BCUT2D eigenvalue weighted by Crippen LogP contribution is -2.57. The Morgan fingerprint density at radius 1 is 0.955 bits per heavy atom. The Morgan fingerprint density at radius 2 is 1.73 bits per heavy atom. The molecule has 0 amide bonds. The Labute approximate surface area is 136 Å². The number of rotatable bonds is 2. The molecule has 0 spiro atoms. The molecule has 0 aromatic heterocycles. The highest BCUT2D eigenvalue weighted by atomic mass is 16.5. The summed E-state index contributed by atoms with van der Waals surface area (Å²) >= 11 is 0. The molecule has 4 aliphatic rings. The largest absolute Gasteiger partial charge is 0.368 e. The van der Waals surface area contributed by atoms with Crippen LogP contribution in [0.1, 0.15) is 64.2 Å². The molecular weight excluding hydrogens is 270 g/mol. The van der Waals surface area contributed by atoms with Crippen molar-refractivity contribution in [2.45, 2.75) is 76.4 Å². The van der Waals surface area contributed by atoms with E-state index in [4.69, 9.17) is 4.74 Å². The molecule has 0 N–H and O–H groups in total. The molecule has 2 aliphatic heterocycles. The number of allylic oxidation sites excluding steroid dienone is 1. The molecule has 0 bridgehead atoms. The number of ether oxygens (including phenoxy) is 1. The van der Waals surface area contributed by atoms with Gasteiger partial charge in [0, 0.05) is 11.8 Å². The lowest BCUT2D eigenvalue weighted by Gasteiger charge is -2.50. The number of likely N-dealkylation sites (N-methyl/N-ethyl adjacent to an activating group) is 1. The van der Waals surface area contributed by atoms with Crippen LogP contribution in [0, 0.1) is 11.8 Å². The Bertz CT molecular complexity index is 423. The van der Waals surface area contributed by atoms with Gasteiger partial charge in [-0.1, -0.05) is 24.5 Å². The lowest BCUT2D eigenvalue weighted by atomic mass is 9.69. The van der Waals surface area contributed by atoms with Crippen LogP contribution in [0.5, 0.6) is 0 Å². The molecule has 124 valence electrons. The fraction of sp³-hybridized carbons (Fsp3) is 0.900. The van der Waals surface area contributed by atoms with E-state index in [0.29, 0.717) is 12.2 Å². The van der Waals surface area contributed by atoms with E-state index in [1.54, 1.807) is 0 Å². The minimum atomic E-state index is 0.508. The number of hydrogen-bond acceptors (Lipinski definition) is 1. The third-order valence-corrected chi connectivity index (χ3v) is 6.97. The van der Waals surface area contributed by atoms with Crippen LogP contribution in [-0.2, 0) is 4.74 Å². The van der Waals surface area contributed by atoms with Crippen LogP contribution in [0.3, 0.4) is 0 Å². The van der Waals surface area contributed by atoms with Crippen molar-refractivity contribution in [2.75, 3.05) is 26.7 Å². The molecule has 2 nitrogen and oxygen atoms in total. The predicted molar refractivity (Wildman–Crippen MR) is 90.7 cm³/mol. The van der Waals surface area contributed by atoms with Gasteiger partial charge < -0.3 is 9.22 Å². The van der Waals surface area contributed by atoms with Gasteiger partial charge in [0.1, 0.15) is 12.6 Å². The highest BCUT2D eigenvalue weighted by Gasteiger charge is 2.45. The number of hydrogen-bond donors (Lipinski definition) is 0. The van der Waals surface area contributed by atoms with Crippen molar-refractivity contribution in [3.63, 3.8) is 0 Å². The Kier molecular flexibility index (Phi) is 4.34. The second kappa shape index (κ2) is 6.28. The van der Waals surface area contributed by atoms with Crippen molar-refractivity contribution >= 4 is 0 Å². The second-order valence-electron chi connectivity index (χ2n) is 8.66. The minimum Gasteiger partial charge on any atom is -0.368 e. The first-order valence-electron chi connectivity index (χ1n) is 9.94. The Balaban J connectivity index is 1.53. The fourth-order valence-corrected chi connectivity index (χ4v) is 5.77. The monoisotopic (exact) mass is 304 g/mol. The van der Waals surface area contributed by atoms with Crippen molar-refractivity contribution in [2.24, 2.45) is 11.8 Å². The average molecular weight is 304 g/mol. The molecule has 0 unspecified atom stereocenters. The van der Waals surface area contributed by atoms with Crippen molar-refractivity contribution in [3.8, 4) is 0 Å². The van der Waals surface area contributed by atoms with Gasteiger partial charge in [-0.2, -0.15) is 0 Å². The molecule has 0 aromatic carbocycles. The Morgan fingerprint density at radius 3 is 2.59 bits per heavy atom. The zero-order valence-electron chi connectivity index (χ0n) is 14.4. The van der Waals surface area contributed by atoms with E-state index in [-0.39, 0.29) is 0 Å². The molecule has 4 rings (SSSR count). The predicted octanol–water partition coefficient (Wildman–Crippen LogP) is 4.30. The van der Waals surface area contributed by atoms with Gasteiger partial charge in [-0.3, -0.25) is 0 Å². The maximum absolute atomic E-state index is 6.77. The summed E-state index contributed by atoms with van der Waals surface area (Å²) in [5.74, 6) is 1.53. The van der Waals surface area contributed by atoms with Crippen molar-refractivity contribution in [1.29, 1.82) is 0 Å². The van der Waals surface area contributed by atoms with E-state index in [1.807, 2.05) is 5.57 Å². The first-order chi connectivity index (χ1) is 10.8. The van der Waals surface area contributed by atoms with Crippen LogP contribution < -0.4 is 0 Å². The number of nitrogens with zero attached hydrogens (tertiary/aromatic N) is 1. The number of quaternary nitrogens is 1. The lowest BCUT2D eigenvalue weighted by molar-refractivity contribution is -0.917. The quantitative estimate of drug-likeness (QED) is 0.546. The summed E-state index contributed by atoms with van der Waals surface area (Å²) in [5.41, 5.74) is 1.83. The van der Waals surface area contributed by atoms with Crippen LogP contribution in [-0.4, -0.2) is 43.4 Å². The van der Waals surface area contributed by atoms with Crippen LogP contribution in [0.25, 0.3) is 0 Å². The van der Waals surface area contributed by atoms with Gasteiger partial charge in [-0.15, -0.1) is 0 Å². The van der Waals surface area contributed by atoms with Gasteiger partial charge in [0.15, 0.2) is 0 Å². The van der Waals surface area contributed by atoms with Gasteiger partial charge in [0.25, 0.3) is 0 Å². The Hall–Kier alpha value is -0.340. The maximum Gasteiger partial charge on any atom is 0.113 e. The molecule has 4 atom stereocenters. The van der Waals surface area contributed by atoms with E-state index in [0.717, 1.165) is 11.8 Å². The standard InChI is InChI=1S/C20H34NO/c1-21(13-7-2-8-14-21)15-20-18-11-4-3-9-16(18)17-10-5-6-12-19(17)22-20/h9,17-20H,2-8,10-15H2,1H3/q+1/t17-,18-,19-,20-/m0/s1. The summed E-state index contributed by atoms with van der Waals surface area (Å²) in [5, 5.41) is 0. The summed E-state index contributed by atoms with van der Waals surface area (Å²) in [4.78, 5) is 0. The summed E-state index contributed by atoms with van der Waals surface area (Å²) in [6.45, 7) is 4.02. The van der Waals surface area contributed by atoms with Gasteiger partial charge in [0.05, 0.1) is 26.2 Å². The molecule has 3 fully saturated rings. The van der Waals surface area contributed by atoms with E-state index in [1.165, 1.54) is 88.3 Å². The normalized spacial score (nSPS) is 41.2. The number of fused-ring (bicyclic) bond motifs is 3. The van der Waals surface area contributed by atoms with E-state index in [2.05, 4.69) is 13.1 Å². The molecule has 0 radical (unpaired) electrons. The van der Waals surface area contributed by atoms with Crippen LogP contribution in [0.4, 0.5) is 0 Å². The summed E-state index contributed by atoms with van der Waals surface area (Å²) < 4.78 is 8.04. The highest BCUT2D eigenvalue weighted by molar-refractivity contribution is 5.20. The minimum absolute atomic E-state index is 0.508. The fourth-order valence-electron chi connectivity index (χ4n) is 5.77. The molecule has 0 aromatic rings. The smallest absolute Gasteiger partial charge is 0.113 e. The van der Waals surface area contributed by atoms with Crippen molar-refractivity contribution in [3.05, 3.63) is 11.6 Å². The molecule has 2 heteroatoms. The molecule has 2 heterocycles. The summed E-state index contributed by atoms with van der Waals surface area (Å²) in [6.07, 6.45) is 17.6. The highest BCUT2D eigenvalue weighted by Crippen LogP contribution is 2.46. The van der Waals surface area contributed by atoms with Gasteiger partial charge >= 0.3 is 0 Å². The van der Waals surface area contributed by atoms with Crippen LogP contribution in [0.15, 0.2) is 11.6 Å². The SMILES string of the molecule is C[N+]1(C[C@@H]2O[C@H]3CCCC[C@H]3C3=CCCC[C@@H]32)CCCCC1. The first kappa shape index (κ1) is 15.2. The second-order valence-corrected chi connectivity index (χ2v) is 8.66. The molecule has 2 aliphatic carbocycles. The van der Waals surface area contributed by atoms with Crippen LogP contribution in [0.2, 0.25) is 0 Å². The van der Waals surface area contributed by atoms with Crippen molar-refractivity contribution < 1.29 is 9.22 Å². The third kappa shape index (κ3) is 2.89. The van der Waals surface area contributed by atoms with E-state index in [9.17, 15) is 0 Å². The molecule has 2 saturated heterocycles. The zero-order chi connectivity index (χ0) is 15.0. The molecule has 22 heavy (non-hydrogen) atoms.